The van der Waals surface area contributed by atoms with Crippen LogP contribution in [-0.4, -0.2) is 13.1 Å². The van der Waals surface area contributed by atoms with Crippen molar-refractivity contribution in [3.63, 3.8) is 0 Å². The molecule has 0 spiro atoms. The molecule has 0 aliphatic carbocycles. The van der Waals surface area contributed by atoms with Crippen molar-refractivity contribution in [1.82, 2.24) is 0 Å². The first-order valence-corrected chi connectivity index (χ1v) is 11.0. The maximum absolute atomic E-state index is 11.6. The third-order valence-corrected chi connectivity index (χ3v) is 5.20. The lowest BCUT2D eigenvalue weighted by Crippen LogP contribution is -2.00. The van der Waals surface area contributed by atoms with Crippen LogP contribution in [-0.2, 0) is 18.0 Å². The van der Waals surface area contributed by atoms with Gasteiger partial charge in [0.15, 0.2) is 0 Å². The lowest BCUT2D eigenvalue weighted by molar-refractivity contribution is 0.0600. The van der Waals surface area contributed by atoms with Crippen LogP contribution in [0.4, 0.5) is 0 Å². The van der Waals surface area contributed by atoms with E-state index in [1.165, 1.54) is 7.11 Å². The lowest BCUT2D eigenvalue weighted by atomic mass is 10.1. The Kier molecular flexibility index (Phi) is 7.75. The van der Waals surface area contributed by atoms with Crippen LogP contribution in [0.3, 0.4) is 0 Å². The van der Waals surface area contributed by atoms with E-state index < -0.39 is 0 Å². The fourth-order valence-corrected chi connectivity index (χ4v) is 3.38. The van der Waals surface area contributed by atoms with Crippen molar-refractivity contribution >= 4 is 18.1 Å². The summed E-state index contributed by atoms with van der Waals surface area (Å²) in [6.07, 6.45) is 3.98. The standard InChI is InChI=1S/C30H26O4/c1-32-30(31)27-16-14-23(15-17-27)12-13-26-18-28(33-21-24-8-4-2-5-9-24)20-29(19-26)34-22-25-10-6-3-7-11-25/h2-20H,21-22H2,1H3/b13-12+. The Morgan fingerprint density at radius 2 is 1.15 bits per heavy atom. The minimum atomic E-state index is -0.348. The third kappa shape index (κ3) is 6.59. The molecule has 0 aliphatic heterocycles. The molecule has 170 valence electrons. The summed E-state index contributed by atoms with van der Waals surface area (Å²) in [5.41, 5.74) is 4.63. The number of hydrogen-bond donors (Lipinski definition) is 0. The summed E-state index contributed by atoms with van der Waals surface area (Å²) in [6, 6.07) is 33.3. The zero-order chi connectivity index (χ0) is 23.6. The van der Waals surface area contributed by atoms with Crippen LogP contribution >= 0.6 is 0 Å². The first-order chi connectivity index (χ1) is 16.7. The molecule has 34 heavy (non-hydrogen) atoms. The Morgan fingerprint density at radius 3 is 1.65 bits per heavy atom. The molecule has 4 nitrogen and oxygen atoms in total. The summed E-state index contributed by atoms with van der Waals surface area (Å²) in [6.45, 7) is 0.947. The van der Waals surface area contributed by atoms with E-state index in [1.807, 2.05) is 103 Å². The number of ether oxygens (including phenoxy) is 3. The number of hydrogen-bond acceptors (Lipinski definition) is 4. The summed E-state index contributed by atoms with van der Waals surface area (Å²) in [4.78, 5) is 11.6. The van der Waals surface area contributed by atoms with Gasteiger partial charge >= 0.3 is 5.97 Å². The predicted molar refractivity (Wildman–Crippen MR) is 135 cm³/mol. The minimum absolute atomic E-state index is 0.348. The highest BCUT2D eigenvalue weighted by molar-refractivity contribution is 5.89. The molecule has 4 aromatic carbocycles. The number of rotatable bonds is 9. The third-order valence-electron chi connectivity index (χ3n) is 5.20. The van der Waals surface area contributed by atoms with E-state index in [2.05, 4.69) is 0 Å². The van der Waals surface area contributed by atoms with Gasteiger partial charge in [0.1, 0.15) is 24.7 Å². The Balaban J connectivity index is 1.52. The molecule has 0 bridgehead atoms. The van der Waals surface area contributed by atoms with Gasteiger partial charge in [-0.3, -0.25) is 0 Å². The topological polar surface area (TPSA) is 44.8 Å². The van der Waals surface area contributed by atoms with Crippen LogP contribution in [0.15, 0.2) is 103 Å². The smallest absolute Gasteiger partial charge is 0.337 e. The molecule has 0 fully saturated rings. The summed E-state index contributed by atoms with van der Waals surface area (Å²) in [5, 5.41) is 0. The molecule has 0 radical (unpaired) electrons. The highest BCUT2D eigenvalue weighted by Crippen LogP contribution is 2.26. The van der Waals surface area contributed by atoms with Crippen LogP contribution in [0.25, 0.3) is 12.2 Å². The first-order valence-electron chi connectivity index (χ1n) is 11.0. The molecule has 0 saturated heterocycles. The quantitative estimate of drug-likeness (QED) is 0.208. The van der Waals surface area contributed by atoms with E-state index >= 15 is 0 Å². The fraction of sp³-hybridized carbons (Fsp3) is 0.100. The fourth-order valence-electron chi connectivity index (χ4n) is 3.38. The van der Waals surface area contributed by atoms with E-state index in [0.29, 0.717) is 18.8 Å². The van der Waals surface area contributed by atoms with Crippen molar-refractivity contribution in [2.24, 2.45) is 0 Å². The van der Waals surface area contributed by atoms with E-state index in [4.69, 9.17) is 14.2 Å². The lowest BCUT2D eigenvalue weighted by Gasteiger charge is -2.12. The maximum atomic E-state index is 11.6. The highest BCUT2D eigenvalue weighted by atomic mass is 16.5. The zero-order valence-corrected chi connectivity index (χ0v) is 19.0. The Labute approximate surface area is 200 Å². The predicted octanol–water partition coefficient (Wildman–Crippen LogP) is 6.80. The first kappa shape index (κ1) is 22.9. The average Bonchev–Trinajstić information content (AvgIpc) is 2.90. The average molecular weight is 451 g/mol. The summed E-state index contributed by atoms with van der Waals surface area (Å²) in [5.74, 6) is 1.12. The SMILES string of the molecule is COC(=O)c1ccc(/C=C/c2cc(OCc3ccccc3)cc(OCc3ccccc3)c2)cc1. The molecule has 4 aromatic rings. The molecule has 0 amide bonds. The van der Waals surface area contributed by atoms with Crippen molar-refractivity contribution in [2.45, 2.75) is 13.2 Å². The Morgan fingerprint density at radius 1 is 0.647 bits per heavy atom. The van der Waals surface area contributed by atoms with Gasteiger partial charge in [-0.05, 0) is 46.5 Å². The van der Waals surface area contributed by atoms with Gasteiger partial charge in [0.2, 0.25) is 0 Å². The van der Waals surface area contributed by atoms with Crippen LogP contribution in [0.5, 0.6) is 11.5 Å². The van der Waals surface area contributed by atoms with Crippen LogP contribution in [0.1, 0.15) is 32.6 Å². The maximum Gasteiger partial charge on any atom is 0.337 e. The van der Waals surface area contributed by atoms with Crippen LogP contribution < -0.4 is 9.47 Å². The molecule has 0 atom stereocenters. The second-order valence-electron chi connectivity index (χ2n) is 7.73. The van der Waals surface area contributed by atoms with E-state index in [0.717, 1.165) is 33.8 Å². The Bertz CT molecular complexity index is 1170. The van der Waals surface area contributed by atoms with Gasteiger partial charge in [-0.25, -0.2) is 4.79 Å². The molecular weight excluding hydrogens is 424 g/mol. The van der Waals surface area contributed by atoms with Crippen molar-refractivity contribution < 1.29 is 19.0 Å². The van der Waals surface area contributed by atoms with Gasteiger partial charge in [-0.2, -0.15) is 0 Å². The van der Waals surface area contributed by atoms with E-state index in [-0.39, 0.29) is 5.97 Å². The molecule has 0 aliphatic rings. The number of methoxy groups -OCH3 is 1. The van der Waals surface area contributed by atoms with Crippen molar-refractivity contribution in [3.8, 4) is 11.5 Å². The second-order valence-corrected chi connectivity index (χ2v) is 7.73. The van der Waals surface area contributed by atoms with Crippen molar-refractivity contribution in [3.05, 3.63) is 131 Å². The van der Waals surface area contributed by atoms with Crippen LogP contribution in [0, 0.1) is 0 Å². The van der Waals surface area contributed by atoms with Crippen molar-refractivity contribution in [2.75, 3.05) is 7.11 Å². The highest BCUT2D eigenvalue weighted by Gasteiger charge is 2.05. The number of carbonyl (C=O) groups excluding carboxylic acids is 1. The van der Waals surface area contributed by atoms with Gasteiger partial charge in [-0.15, -0.1) is 0 Å². The van der Waals surface area contributed by atoms with Crippen LogP contribution in [0.2, 0.25) is 0 Å². The van der Waals surface area contributed by atoms with Gasteiger partial charge < -0.3 is 14.2 Å². The monoisotopic (exact) mass is 450 g/mol. The van der Waals surface area contributed by atoms with Crippen molar-refractivity contribution in [1.29, 1.82) is 0 Å². The second kappa shape index (κ2) is 11.5. The van der Waals surface area contributed by atoms with E-state index in [1.54, 1.807) is 12.1 Å². The summed E-state index contributed by atoms with van der Waals surface area (Å²) >= 11 is 0. The molecule has 0 heterocycles. The molecule has 4 heteroatoms. The Hall–Kier alpha value is -4.31. The van der Waals surface area contributed by atoms with Gasteiger partial charge in [0, 0.05) is 6.07 Å². The molecular formula is C30H26O4. The molecule has 0 unspecified atom stereocenters. The summed E-state index contributed by atoms with van der Waals surface area (Å²) < 4.78 is 16.9. The number of carbonyl (C=O) groups is 1. The molecule has 0 saturated carbocycles. The number of esters is 1. The van der Waals surface area contributed by atoms with Gasteiger partial charge in [0.05, 0.1) is 12.7 Å². The minimum Gasteiger partial charge on any atom is -0.489 e. The van der Waals surface area contributed by atoms with E-state index in [9.17, 15) is 4.79 Å². The summed E-state index contributed by atoms with van der Waals surface area (Å²) in [7, 11) is 1.38. The molecule has 0 N–H and O–H groups in total. The number of benzene rings is 4. The zero-order valence-electron chi connectivity index (χ0n) is 19.0. The normalized spacial score (nSPS) is 10.7. The largest absolute Gasteiger partial charge is 0.489 e. The molecule has 0 aromatic heterocycles. The van der Waals surface area contributed by atoms with Gasteiger partial charge in [-0.1, -0.05) is 84.9 Å². The molecule has 4 rings (SSSR count). The van der Waals surface area contributed by atoms with Gasteiger partial charge in [0.25, 0.3) is 0 Å².